The lowest BCUT2D eigenvalue weighted by Gasteiger charge is -2.19. The van der Waals surface area contributed by atoms with E-state index in [9.17, 15) is 0 Å². The summed E-state index contributed by atoms with van der Waals surface area (Å²) >= 11 is 3.31. The molecular formula is C10H12BrN3O. The fourth-order valence-electron chi connectivity index (χ4n) is 2.34. The fourth-order valence-corrected chi connectivity index (χ4v) is 2.55. The van der Waals surface area contributed by atoms with Gasteiger partial charge >= 0.3 is 0 Å². The lowest BCUT2D eigenvalue weighted by atomic mass is 9.96. The van der Waals surface area contributed by atoms with Crippen LogP contribution in [0.25, 0.3) is 0 Å². The second-order valence-corrected chi connectivity index (χ2v) is 5.00. The third-order valence-corrected chi connectivity index (χ3v) is 3.45. The SMILES string of the molecule is Brc1cnc(N[C@@H]2C[C@H]3CC[C@H]2O3)nc1. The molecule has 3 atom stereocenters. The number of ether oxygens (including phenoxy) is 1. The molecule has 80 valence electrons. The van der Waals surface area contributed by atoms with Crippen molar-refractivity contribution in [2.45, 2.75) is 37.5 Å². The maximum Gasteiger partial charge on any atom is 0.222 e. The minimum Gasteiger partial charge on any atom is -0.373 e. The minimum atomic E-state index is 0.363. The van der Waals surface area contributed by atoms with E-state index in [1.165, 1.54) is 12.8 Å². The quantitative estimate of drug-likeness (QED) is 0.892. The highest BCUT2D eigenvalue weighted by Crippen LogP contribution is 2.35. The predicted molar refractivity (Wildman–Crippen MR) is 59.7 cm³/mol. The van der Waals surface area contributed by atoms with E-state index in [1.54, 1.807) is 12.4 Å². The van der Waals surface area contributed by atoms with E-state index < -0.39 is 0 Å². The summed E-state index contributed by atoms with van der Waals surface area (Å²) < 4.78 is 6.65. The Morgan fingerprint density at radius 3 is 2.73 bits per heavy atom. The van der Waals surface area contributed by atoms with Gasteiger partial charge in [0.05, 0.1) is 22.7 Å². The van der Waals surface area contributed by atoms with E-state index >= 15 is 0 Å². The maximum absolute atomic E-state index is 5.75. The normalized spacial score (nSPS) is 33.3. The molecular weight excluding hydrogens is 258 g/mol. The van der Waals surface area contributed by atoms with Gasteiger partial charge in [-0.2, -0.15) is 0 Å². The Labute approximate surface area is 96.6 Å². The largest absolute Gasteiger partial charge is 0.373 e. The molecule has 0 unspecified atom stereocenters. The molecule has 2 aliphatic heterocycles. The number of aromatic nitrogens is 2. The summed E-state index contributed by atoms with van der Waals surface area (Å²) in [6.07, 6.45) is 7.80. The molecule has 1 aromatic rings. The first-order valence-corrected chi connectivity index (χ1v) is 6.00. The van der Waals surface area contributed by atoms with Crippen molar-refractivity contribution in [3.8, 4) is 0 Å². The van der Waals surface area contributed by atoms with Crippen LogP contribution in [-0.2, 0) is 4.74 Å². The van der Waals surface area contributed by atoms with Gasteiger partial charge in [-0.25, -0.2) is 9.97 Å². The minimum absolute atomic E-state index is 0.363. The molecule has 5 heteroatoms. The van der Waals surface area contributed by atoms with E-state index in [4.69, 9.17) is 4.74 Å². The van der Waals surface area contributed by atoms with Crippen LogP contribution in [0, 0.1) is 0 Å². The highest BCUT2D eigenvalue weighted by molar-refractivity contribution is 9.10. The number of rotatable bonds is 2. The van der Waals surface area contributed by atoms with Crippen LogP contribution in [0.2, 0.25) is 0 Å². The predicted octanol–water partition coefficient (Wildman–Crippen LogP) is 1.97. The van der Waals surface area contributed by atoms with E-state index in [0.717, 1.165) is 10.9 Å². The van der Waals surface area contributed by atoms with Crippen LogP contribution in [0.5, 0.6) is 0 Å². The molecule has 0 amide bonds. The first kappa shape index (κ1) is 9.54. The summed E-state index contributed by atoms with van der Waals surface area (Å²) in [6.45, 7) is 0. The molecule has 0 spiro atoms. The molecule has 3 heterocycles. The summed E-state index contributed by atoms with van der Waals surface area (Å²) in [4.78, 5) is 8.40. The number of nitrogens with zero attached hydrogens (tertiary/aromatic N) is 2. The van der Waals surface area contributed by atoms with Crippen LogP contribution in [0.4, 0.5) is 5.95 Å². The third-order valence-electron chi connectivity index (χ3n) is 3.04. The number of hydrogen-bond donors (Lipinski definition) is 1. The zero-order valence-corrected chi connectivity index (χ0v) is 9.77. The molecule has 0 radical (unpaired) electrons. The van der Waals surface area contributed by atoms with Crippen LogP contribution in [-0.4, -0.2) is 28.2 Å². The Morgan fingerprint density at radius 1 is 1.33 bits per heavy atom. The maximum atomic E-state index is 5.75. The number of nitrogens with one attached hydrogen (secondary N) is 1. The smallest absolute Gasteiger partial charge is 0.222 e. The molecule has 2 saturated heterocycles. The number of halogens is 1. The van der Waals surface area contributed by atoms with Crippen molar-refractivity contribution in [1.29, 1.82) is 0 Å². The summed E-state index contributed by atoms with van der Waals surface area (Å²) in [7, 11) is 0. The lowest BCUT2D eigenvalue weighted by molar-refractivity contribution is 0.102. The van der Waals surface area contributed by atoms with Crippen LogP contribution in [0.3, 0.4) is 0 Å². The second-order valence-electron chi connectivity index (χ2n) is 4.09. The molecule has 15 heavy (non-hydrogen) atoms. The Balaban J connectivity index is 1.68. The number of anilines is 1. The van der Waals surface area contributed by atoms with Gasteiger partial charge in [-0.05, 0) is 35.2 Å². The van der Waals surface area contributed by atoms with Gasteiger partial charge in [0, 0.05) is 12.4 Å². The van der Waals surface area contributed by atoms with Crippen LogP contribution >= 0.6 is 15.9 Å². The van der Waals surface area contributed by atoms with Crippen molar-refractivity contribution in [3.05, 3.63) is 16.9 Å². The fraction of sp³-hybridized carbons (Fsp3) is 0.600. The van der Waals surface area contributed by atoms with Crippen molar-refractivity contribution in [1.82, 2.24) is 9.97 Å². The van der Waals surface area contributed by atoms with Crippen molar-refractivity contribution in [2.24, 2.45) is 0 Å². The average molecular weight is 270 g/mol. The van der Waals surface area contributed by atoms with Gasteiger partial charge in [-0.1, -0.05) is 0 Å². The molecule has 3 rings (SSSR count). The van der Waals surface area contributed by atoms with Crippen LogP contribution < -0.4 is 5.32 Å². The molecule has 1 aromatic heterocycles. The highest BCUT2D eigenvalue weighted by atomic mass is 79.9. The topological polar surface area (TPSA) is 47.0 Å². The Hall–Kier alpha value is -0.680. The Kier molecular flexibility index (Phi) is 2.36. The molecule has 0 saturated carbocycles. The van der Waals surface area contributed by atoms with Crippen LogP contribution in [0.15, 0.2) is 16.9 Å². The van der Waals surface area contributed by atoms with Crippen LogP contribution in [0.1, 0.15) is 19.3 Å². The molecule has 4 nitrogen and oxygen atoms in total. The highest BCUT2D eigenvalue weighted by Gasteiger charge is 2.40. The first-order valence-electron chi connectivity index (χ1n) is 5.21. The zero-order chi connectivity index (χ0) is 10.3. The standard InChI is InChI=1S/C10H12BrN3O/c11-6-4-12-10(13-5-6)14-8-3-7-1-2-9(8)15-7/h4-5,7-9H,1-3H2,(H,12,13,14)/t7-,8-,9-/m1/s1. The summed E-state index contributed by atoms with van der Waals surface area (Å²) in [5.74, 6) is 0.694. The molecule has 1 N–H and O–H groups in total. The molecule has 0 aromatic carbocycles. The van der Waals surface area contributed by atoms with Gasteiger partial charge < -0.3 is 10.1 Å². The third kappa shape index (κ3) is 1.86. The lowest BCUT2D eigenvalue weighted by Crippen LogP contribution is -2.31. The van der Waals surface area contributed by atoms with Crippen molar-refractivity contribution >= 4 is 21.9 Å². The van der Waals surface area contributed by atoms with E-state index in [-0.39, 0.29) is 0 Å². The van der Waals surface area contributed by atoms with E-state index in [1.807, 2.05) is 0 Å². The Bertz CT molecular complexity index is 356. The van der Waals surface area contributed by atoms with Gasteiger partial charge in [0.2, 0.25) is 5.95 Å². The van der Waals surface area contributed by atoms with Crippen molar-refractivity contribution < 1.29 is 4.74 Å². The molecule has 2 bridgehead atoms. The molecule has 2 fully saturated rings. The summed E-state index contributed by atoms with van der Waals surface area (Å²) in [5, 5.41) is 3.33. The van der Waals surface area contributed by atoms with Gasteiger partial charge in [0.25, 0.3) is 0 Å². The van der Waals surface area contributed by atoms with Gasteiger partial charge in [-0.3, -0.25) is 0 Å². The number of fused-ring (bicyclic) bond motifs is 2. The number of hydrogen-bond acceptors (Lipinski definition) is 4. The van der Waals surface area contributed by atoms with Gasteiger partial charge in [-0.15, -0.1) is 0 Å². The first-order chi connectivity index (χ1) is 7.31. The molecule has 0 aliphatic carbocycles. The monoisotopic (exact) mass is 269 g/mol. The summed E-state index contributed by atoms with van der Waals surface area (Å²) in [5.41, 5.74) is 0. The van der Waals surface area contributed by atoms with E-state index in [2.05, 4.69) is 31.2 Å². The zero-order valence-electron chi connectivity index (χ0n) is 8.19. The Morgan fingerprint density at radius 2 is 2.13 bits per heavy atom. The van der Waals surface area contributed by atoms with E-state index in [0.29, 0.717) is 24.2 Å². The summed E-state index contributed by atoms with van der Waals surface area (Å²) in [6, 6.07) is 0.393. The van der Waals surface area contributed by atoms with Gasteiger partial charge in [0.15, 0.2) is 0 Å². The van der Waals surface area contributed by atoms with Crippen molar-refractivity contribution in [3.63, 3.8) is 0 Å². The second kappa shape index (κ2) is 3.72. The van der Waals surface area contributed by atoms with Gasteiger partial charge in [0.1, 0.15) is 0 Å². The average Bonchev–Trinajstić information content (AvgIpc) is 2.83. The molecule has 2 aliphatic rings. The van der Waals surface area contributed by atoms with Crippen molar-refractivity contribution in [2.75, 3.05) is 5.32 Å².